The molecule has 0 spiro atoms. The molecular formula is C54H48B2N+. The van der Waals surface area contributed by atoms with Crippen molar-refractivity contribution >= 4 is 46.2 Å². The molecule has 0 aliphatic carbocycles. The summed E-state index contributed by atoms with van der Waals surface area (Å²) in [6, 6.07) is 51.5. The van der Waals surface area contributed by atoms with Crippen molar-refractivity contribution in [2.45, 2.75) is 41.3 Å². The third-order valence-electron chi connectivity index (χ3n) is 11.9. The molecule has 7 aromatic carbocycles. The summed E-state index contributed by atoms with van der Waals surface area (Å²) in [7, 11) is 1.87. The molecule has 0 unspecified atom stereocenters. The fourth-order valence-electron chi connectivity index (χ4n) is 9.16. The molecule has 0 radical (unpaired) electrons. The minimum atomic E-state index is -2.45. The standard InChI is InChI=1S/C54H48B2N/c1-35-16-11-12-21-46(35)52-33-47(40(6)34-57(52)7)43-26-24-42(25-27-43)44-28-29-50-51(32-44)56(53-36(2)17-15-18-37(53)3)49-23-14-13-22-48(49)55(50)54-38(4)30-45(31-39(54)5)41-19-9-8-10-20-41/h8-34H,1-7H3/q+1/i2D3,4D3,6D3. The Kier molecular flexibility index (Phi) is 7.08. The zero-order valence-corrected chi connectivity index (χ0v) is 32.7. The summed E-state index contributed by atoms with van der Waals surface area (Å²) in [5, 5.41) is 0. The van der Waals surface area contributed by atoms with Gasteiger partial charge in [0.05, 0.1) is 0 Å². The number of rotatable bonds is 6. The average molecular weight is 742 g/mol. The van der Waals surface area contributed by atoms with Crippen LogP contribution >= 0.6 is 0 Å². The summed E-state index contributed by atoms with van der Waals surface area (Å²) in [6.45, 7) is -2.19. The first-order valence-corrected chi connectivity index (χ1v) is 19.6. The van der Waals surface area contributed by atoms with E-state index in [0.29, 0.717) is 16.5 Å². The second-order valence-electron chi connectivity index (χ2n) is 15.5. The van der Waals surface area contributed by atoms with Gasteiger partial charge < -0.3 is 0 Å². The van der Waals surface area contributed by atoms with Gasteiger partial charge in [-0.05, 0) is 86.3 Å². The quantitative estimate of drug-likeness (QED) is 0.119. The van der Waals surface area contributed by atoms with Gasteiger partial charge in [0.2, 0.25) is 19.1 Å². The van der Waals surface area contributed by atoms with E-state index in [2.05, 4.69) is 36.4 Å². The first-order valence-electron chi connectivity index (χ1n) is 24.1. The molecule has 2 heterocycles. The molecule has 8 aromatic rings. The lowest BCUT2D eigenvalue weighted by atomic mass is 9.20. The van der Waals surface area contributed by atoms with Crippen molar-refractivity contribution in [1.29, 1.82) is 0 Å². The largest absolute Gasteiger partial charge is 0.240 e. The Morgan fingerprint density at radius 3 is 1.68 bits per heavy atom. The van der Waals surface area contributed by atoms with Gasteiger partial charge >= 0.3 is 0 Å². The van der Waals surface area contributed by atoms with Crippen LogP contribution in [0.4, 0.5) is 0 Å². The maximum atomic E-state index is 8.94. The van der Waals surface area contributed by atoms with Crippen LogP contribution in [0.3, 0.4) is 0 Å². The third-order valence-corrected chi connectivity index (χ3v) is 11.9. The molecule has 1 nitrogen and oxygen atoms in total. The molecule has 1 aromatic heterocycles. The number of fused-ring (bicyclic) bond motifs is 2. The zero-order valence-electron chi connectivity index (χ0n) is 41.7. The smallest absolute Gasteiger partial charge is 0.201 e. The summed E-state index contributed by atoms with van der Waals surface area (Å²) in [4.78, 5) is 0. The summed E-state index contributed by atoms with van der Waals surface area (Å²) < 4.78 is 80.4. The second kappa shape index (κ2) is 14.7. The van der Waals surface area contributed by atoms with Crippen LogP contribution in [0.25, 0.3) is 44.6 Å². The Balaban J connectivity index is 1.26. The van der Waals surface area contributed by atoms with Crippen molar-refractivity contribution in [3.8, 4) is 44.6 Å². The van der Waals surface area contributed by atoms with Crippen LogP contribution < -0.4 is 37.3 Å². The van der Waals surface area contributed by atoms with Crippen molar-refractivity contribution in [3.05, 3.63) is 197 Å². The second-order valence-corrected chi connectivity index (χ2v) is 15.5. The number of aromatic nitrogens is 1. The van der Waals surface area contributed by atoms with Crippen molar-refractivity contribution in [1.82, 2.24) is 0 Å². The maximum absolute atomic E-state index is 8.94. The molecule has 3 heteroatoms. The third kappa shape index (κ3) is 6.46. The number of nitrogens with zero attached hydrogens (tertiary/aromatic N) is 1. The Hall–Kier alpha value is -6.18. The van der Waals surface area contributed by atoms with Crippen molar-refractivity contribution in [2.75, 3.05) is 0 Å². The van der Waals surface area contributed by atoms with Gasteiger partial charge in [0, 0.05) is 29.5 Å². The normalized spacial score (nSPS) is 15.1. The van der Waals surface area contributed by atoms with Crippen LogP contribution in [0, 0.1) is 41.3 Å². The summed E-state index contributed by atoms with van der Waals surface area (Å²) in [5.41, 5.74) is 15.5. The predicted octanol–water partition coefficient (Wildman–Crippen LogP) is 8.38. The van der Waals surface area contributed by atoms with E-state index in [1.165, 1.54) is 0 Å². The van der Waals surface area contributed by atoms with E-state index in [4.69, 9.17) is 12.3 Å². The Bertz CT molecular complexity index is 3150. The van der Waals surface area contributed by atoms with Gasteiger partial charge in [0.25, 0.3) is 0 Å². The molecule has 0 fully saturated rings. The Labute approximate surface area is 352 Å². The maximum Gasteiger partial charge on any atom is 0.240 e. The van der Waals surface area contributed by atoms with Gasteiger partial charge in [-0.2, -0.15) is 0 Å². The number of pyridine rings is 1. The van der Waals surface area contributed by atoms with E-state index in [1.54, 1.807) is 18.3 Å². The monoisotopic (exact) mass is 741 g/mol. The average Bonchev–Trinajstić information content (AvgIpc) is 3.28. The van der Waals surface area contributed by atoms with Gasteiger partial charge in [-0.1, -0.05) is 201 Å². The highest BCUT2D eigenvalue weighted by atomic mass is 14.9. The van der Waals surface area contributed by atoms with E-state index in [9.17, 15) is 0 Å². The molecule has 0 atom stereocenters. The summed E-state index contributed by atoms with van der Waals surface area (Å²) in [6.07, 6.45) is 1.71. The van der Waals surface area contributed by atoms with Crippen LogP contribution in [0.1, 0.15) is 45.7 Å². The van der Waals surface area contributed by atoms with E-state index in [0.717, 1.165) is 77.6 Å². The molecule has 0 saturated heterocycles. The zero-order chi connectivity index (χ0) is 46.9. The molecule has 1 aliphatic heterocycles. The van der Waals surface area contributed by atoms with Gasteiger partial charge in [0.15, 0.2) is 6.20 Å². The number of hydrogen-bond acceptors (Lipinski definition) is 0. The van der Waals surface area contributed by atoms with Crippen molar-refractivity contribution in [2.24, 2.45) is 7.05 Å². The van der Waals surface area contributed by atoms with Crippen molar-refractivity contribution in [3.63, 3.8) is 0 Å². The van der Waals surface area contributed by atoms with Gasteiger partial charge in [-0.25, -0.2) is 4.57 Å². The lowest BCUT2D eigenvalue weighted by Gasteiger charge is -2.35. The number of hydrogen-bond donors (Lipinski definition) is 0. The molecule has 1 aliphatic rings. The SMILES string of the molecule is [2H]C([2H])([2H])c1c[n+](C)c(-c2ccccc2C)cc1-c1ccc(-c2ccc3c(c2)B(c2c(C)cccc2C([2H])([2H])[2H])c2ccccc2B3c2c(C)cc(-c3ccccc3)cc2C([2H])([2H])[2H])cc1. The van der Waals surface area contributed by atoms with E-state index in [-0.39, 0.29) is 16.7 Å². The van der Waals surface area contributed by atoms with Gasteiger partial charge in [0.1, 0.15) is 7.05 Å². The first-order chi connectivity index (χ1) is 31.3. The van der Waals surface area contributed by atoms with Crippen molar-refractivity contribution < 1.29 is 16.9 Å². The molecule has 0 bridgehead atoms. The minimum absolute atomic E-state index is 0.253. The fourth-order valence-corrected chi connectivity index (χ4v) is 9.16. The van der Waals surface area contributed by atoms with Gasteiger partial charge in [-0.3, -0.25) is 0 Å². The van der Waals surface area contributed by atoms with E-state index in [1.807, 2.05) is 142 Å². The molecule has 274 valence electrons. The summed E-state index contributed by atoms with van der Waals surface area (Å²) in [5.74, 6) is 0. The Morgan fingerprint density at radius 1 is 0.386 bits per heavy atom. The van der Waals surface area contributed by atoms with E-state index < -0.39 is 34.0 Å². The molecule has 0 saturated carbocycles. The molecule has 9 rings (SSSR count). The lowest BCUT2D eigenvalue weighted by molar-refractivity contribution is -0.660. The number of aryl methyl sites for hydroxylation is 7. The first kappa shape index (κ1) is 27.4. The van der Waals surface area contributed by atoms with Crippen LogP contribution in [0.15, 0.2) is 164 Å². The molecule has 0 amide bonds. The number of benzene rings is 7. The minimum Gasteiger partial charge on any atom is -0.201 e. The fraction of sp³-hybridized carbons (Fsp3) is 0.130. The van der Waals surface area contributed by atoms with Crippen LogP contribution in [-0.4, -0.2) is 13.4 Å². The highest BCUT2D eigenvalue weighted by molar-refractivity contribution is 7.11. The highest BCUT2D eigenvalue weighted by Crippen LogP contribution is 2.30. The lowest BCUT2D eigenvalue weighted by Crippen LogP contribution is -2.75. The van der Waals surface area contributed by atoms with Crippen LogP contribution in [0.5, 0.6) is 0 Å². The van der Waals surface area contributed by atoms with Crippen LogP contribution in [0.2, 0.25) is 0 Å². The predicted molar refractivity (Wildman–Crippen MR) is 246 cm³/mol. The Morgan fingerprint density at radius 2 is 0.947 bits per heavy atom. The molecular weight excluding hydrogens is 684 g/mol. The topological polar surface area (TPSA) is 3.88 Å². The summed E-state index contributed by atoms with van der Waals surface area (Å²) >= 11 is 0. The molecule has 57 heavy (non-hydrogen) atoms. The highest BCUT2D eigenvalue weighted by Gasteiger charge is 2.40. The van der Waals surface area contributed by atoms with Crippen LogP contribution in [-0.2, 0) is 7.05 Å². The molecule has 0 N–H and O–H groups in total. The van der Waals surface area contributed by atoms with E-state index >= 15 is 0 Å². The van der Waals surface area contributed by atoms with Gasteiger partial charge in [-0.15, -0.1) is 0 Å².